The topological polar surface area (TPSA) is 193 Å². The van der Waals surface area contributed by atoms with Crippen molar-refractivity contribution in [3.63, 3.8) is 0 Å². The van der Waals surface area contributed by atoms with E-state index >= 15 is 0 Å². The number of hydrogen-bond donors (Lipinski definition) is 2. The Balaban J connectivity index is 1.12. The van der Waals surface area contributed by atoms with Crippen molar-refractivity contribution in [1.82, 2.24) is 9.80 Å². The summed E-state index contributed by atoms with van der Waals surface area (Å²) in [6.07, 6.45) is -0.0561. The van der Waals surface area contributed by atoms with Gasteiger partial charge in [0, 0.05) is 56.7 Å². The maximum atomic E-state index is 14.5. The lowest BCUT2D eigenvalue weighted by atomic mass is 9.99. The van der Waals surface area contributed by atoms with Crippen LogP contribution < -0.4 is 20.9 Å². The van der Waals surface area contributed by atoms with Crippen LogP contribution in [-0.2, 0) is 52.3 Å². The smallest absolute Gasteiger partial charge is 0.337 e. The van der Waals surface area contributed by atoms with Gasteiger partial charge in [-0.1, -0.05) is 36.4 Å². The number of carbonyl (C=O) groups is 4. The van der Waals surface area contributed by atoms with Crippen molar-refractivity contribution >= 4 is 52.1 Å². The van der Waals surface area contributed by atoms with Crippen LogP contribution in [0.5, 0.6) is 0 Å². The molecule has 18 nitrogen and oxygen atoms in total. The molecule has 18 heteroatoms. The van der Waals surface area contributed by atoms with E-state index in [1.165, 1.54) is 12.0 Å². The van der Waals surface area contributed by atoms with Crippen molar-refractivity contribution in [2.75, 3.05) is 162 Å². The van der Waals surface area contributed by atoms with Gasteiger partial charge < -0.3 is 58.7 Å². The van der Waals surface area contributed by atoms with Crippen molar-refractivity contribution in [3.8, 4) is 0 Å². The first-order valence-electron chi connectivity index (χ1n) is 21.9. The molecule has 1 fully saturated rings. The molecule has 0 unspecified atom stereocenters. The molecule has 2 aliphatic rings. The zero-order valence-electron chi connectivity index (χ0n) is 37.8. The summed E-state index contributed by atoms with van der Waals surface area (Å²) >= 11 is 0. The number of ether oxygens (including phenoxy) is 8. The molecule has 0 aromatic heterocycles. The average molecular weight is 905 g/mol. The Morgan fingerprint density at radius 1 is 0.708 bits per heavy atom. The van der Waals surface area contributed by atoms with Gasteiger partial charge in [-0.3, -0.25) is 24.2 Å². The highest BCUT2D eigenvalue weighted by molar-refractivity contribution is 6.38. The number of nitrogens with zero attached hydrogens (tertiary/aromatic N) is 4. The number of anilines is 3. The first-order valence-corrected chi connectivity index (χ1v) is 21.9. The molecule has 2 amide bonds. The fourth-order valence-electron chi connectivity index (χ4n) is 6.83. The Morgan fingerprint density at radius 3 is 1.85 bits per heavy atom. The highest BCUT2D eigenvalue weighted by Gasteiger charge is 2.37. The van der Waals surface area contributed by atoms with Gasteiger partial charge in [0.15, 0.2) is 6.73 Å². The van der Waals surface area contributed by atoms with Gasteiger partial charge in [0.1, 0.15) is 0 Å². The maximum absolute atomic E-state index is 14.5. The molecule has 3 N–H and O–H groups in total. The summed E-state index contributed by atoms with van der Waals surface area (Å²) in [7, 11) is 5.13. The second-order valence-electron chi connectivity index (χ2n) is 15.1. The number of piperazine rings is 1. The molecule has 65 heavy (non-hydrogen) atoms. The number of nitrogens with one attached hydrogen (secondary N) is 1. The van der Waals surface area contributed by atoms with Crippen LogP contribution in [0.3, 0.4) is 0 Å². The van der Waals surface area contributed by atoms with Gasteiger partial charge in [-0.15, -0.1) is 0 Å². The molecule has 2 heterocycles. The summed E-state index contributed by atoms with van der Waals surface area (Å²) in [5.74, 6) is -1.60. The van der Waals surface area contributed by atoms with Crippen LogP contribution in [0.2, 0.25) is 0 Å². The van der Waals surface area contributed by atoms with Crippen LogP contribution in [0.1, 0.15) is 27.9 Å². The quantitative estimate of drug-likeness (QED) is 0.0587. The van der Waals surface area contributed by atoms with Gasteiger partial charge >= 0.3 is 11.9 Å². The minimum Gasteiger partial charge on any atom is -0.465 e. The van der Waals surface area contributed by atoms with Crippen LogP contribution in [-0.4, -0.2) is 180 Å². The number of amides is 2. The number of carbonyl (C=O) groups excluding carboxylic acids is 4. The summed E-state index contributed by atoms with van der Waals surface area (Å²) < 4.78 is 43.2. The lowest BCUT2D eigenvalue weighted by molar-refractivity contribution is -0.145. The first kappa shape index (κ1) is 50.7. The lowest BCUT2D eigenvalue weighted by Gasteiger charge is -2.32. The molecule has 0 atom stereocenters. The van der Waals surface area contributed by atoms with E-state index in [1.54, 1.807) is 30.1 Å². The van der Waals surface area contributed by atoms with Crippen molar-refractivity contribution in [2.24, 2.45) is 5.73 Å². The van der Waals surface area contributed by atoms with Crippen molar-refractivity contribution in [3.05, 3.63) is 89.5 Å². The largest absolute Gasteiger partial charge is 0.465 e. The molecule has 2 aliphatic heterocycles. The molecule has 3 aromatic carbocycles. The van der Waals surface area contributed by atoms with Crippen LogP contribution in [0.15, 0.2) is 72.8 Å². The monoisotopic (exact) mass is 904 g/mol. The van der Waals surface area contributed by atoms with Crippen molar-refractivity contribution in [2.45, 2.75) is 6.42 Å². The van der Waals surface area contributed by atoms with E-state index in [4.69, 9.17) is 43.6 Å². The van der Waals surface area contributed by atoms with E-state index in [1.807, 2.05) is 54.6 Å². The molecule has 1 saturated heterocycles. The van der Waals surface area contributed by atoms with Gasteiger partial charge in [0.2, 0.25) is 5.91 Å². The first-order chi connectivity index (χ1) is 31.7. The van der Waals surface area contributed by atoms with Crippen LogP contribution in [0.25, 0.3) is 11.3 Å². The minimum absolute atomic E-state index is 0.00314. The Hall–Kier alpha value is -5.28. The third kappa shape index (κ3) is 16.3. The number of fused-ring (bicyclic) bond motifs is 1. The number of esters is 2. The molecule has 0 aliphatic carbocycles. The van der Waals surface area contributed by atoms with Crippen LogP contribution in [0.4, 0.5) is 17.1 Å². The molecule has 5 rings (SSSR count). The molecule has 0 saturated carbocycles. The number of methoxy groups -OCH3 is 1. The summed E-state index contributed by atoms with van der Waals surface area (Å²) in [4.78, 5) is 60.6. The molecular weight excluding hydrogens is 841 g/mol. The molecule has 3 aromatic rings. The third-order valence-corrected chi connectivity index (χ3v) is 10.5. The SMILES string of the molecule is COC(=O)c1ccc2c(c1)N(COC(=O)CCOCCOCCOCCOCCOCCOCCN)C(=O)/C2=C(\Nc1ccc(N(C)C(=O)CN2CCN(C)CC2)cc1)c1ccccc1. The summed E-state index contributed by atoms with van der Waals surface area (Å²) in [6, 6.07) is 21.6. The number of benzene rings is 3. The van der Waals surface area contributed by atoms with Gasteiger partial charge in [0.05, 0.1) is 122 Å². The fraction of sp³-hybridized carbons (Fsp3) is 0.489. The summed E-state index contributed by atoms with van der Waals surface area (Å²) in [6.45, 7) is 8.75. The van der Waals surface area contributed by atoms with Crippen LogP contribution in [0, 0.1) is 0 Å². The second-order valence-corrected chi connectivity index (χ2v) is 15.1. The Bertz CT molecular complexity index is 1980. The van der Waals surface area contributed by atoms with Crippen molar-refractivity contribution in [1.29, 1.82) is 0 Å². The maximum Gasteiger partial charge on any atom is 0.337 e. The Kier molecular flexibility index (Phi) is 21.8. The number of rotatable bonds is 29. The minimum atomic E-state index is -0.583. The number of nitrogens with two attached hydrogens (primary N) is 1. The lowest BCUT2D eigenvalue weighted by Crippen LogP contribution is -2.48. The van der Waals surface area contributed by atoms with E-state index in [-0.39, 0.29) is 31.1 Å². The number of likely N-dealkylation sites (N-methyl/N-ethyl adjacent to an activating group) is 2. The third-order valence-electron chi connectivity index (χ3n) is 10.5. The standard InChI is InChI=1S/C47H64N6O12/c1-50-17-19-52(20-18-50)34-42(54)51(2)39-12-10-38(11-13-39)49-45(36-7-5-4-6-8-36)44-40-14-9-37(47(57)58-3)33-41(40)53(46(44)56)35-65-43(55)15-21-59-23-25-61-27-29-63-31-32-64-30-28-62-26-24-60-22-16-48/h4-14,33,49H,15-32,34-35,48H2,1-3H3/b45-44-. The molecule has 0 bridgehead atoms. The molecule has 354 valence electrons. The molecule has 0 spiro atoms. The van der Waals surface area contributed by atoms with Gasteiger partial charge in [0.25, 0.3) is 5.91 Å². The number of hydrogen-bond acceptors (Lipinski definition) is 16. The Labute approximate surface area is 381 Å². The summed E-state index contributed by atoms with van der Waals surface area (Å²) in [5.41, 5.74) is 9.42. The van der Waals surface area contributed by atoms with Gasteiger partial charge in [-0.2, -0.15) is 0 Å². The second kappa shape index (κ2) is 27.9. The normalized spacial score (nSPS) is 14.9. The molecular formula is C47H64N6O12. The predicted molar refractivity (Wildman–Crippen MR) is 245 cm³/mol. The zero-order valence-corrected chi connectivity index (χ0v) is 37.8. The predicted octanol–water partition coefficient (Wildman–Crippen LogP) is 2.96. The van der Waals surface area contributed by atoms with E-state index < -0.39 is 24.6 Å². The average Bonchev–Trinajstić information content (AvgIpc) is 3.60. The van der Waals surface area contributed by atoms with E-state index in [0.717, 1.165) is 37.4 Å². The van der Waals surface area contributed by atoms with Gasteiger partial charge in [-0.25, -0.2) is 4.79 Å². The summed E-state index contributed by atoms with van der Waals surface area (Å²) in [5, 5.41) is 3.45. The van der Waals surface area contributed by atoms with E-state index in [0.29, 0.717) is 107 Å². The van der Waals surface area contributed by atoms with Crippen LogP contribution >= 0.6 is 0 Å². The Morgan fingerprint density at radius 2 is 1.28 bits per heavy atom. The highest BCUT2D eigenvalue weighted by Crippen LogP contribution is 2.42. The highest BCUT2D eigenvalue weighted by atomic mass is 16.6. The van der Waals surface area contributed by atoms with E-state index in [2.05, 4.69) is 22.2 Å². The van der Waals surface area contributed by atoms with Crippen molar-refractivity contribution < 1.29 is 57.1 Å². The van der Waals surface area contributed by atoms with E-state index in [9.17, 15) is 19.2 Å². The zero-order chi connectivity index (χ0) is 46.2. The molecule has 0 radical (unpaired) electrons. The fourth-order valence-corrected chi connectivity index (χ4v) is 6.83. The van der Waals surface area contributed by atoms with Gasteiger partial charge in [-0.05, 0) is 49.0 Å².